The Hall–Kier alpha value is -1.71. The van der Waals surface area contributed by atoms with Gasteiger partial charge in [0.1, 0.15) is 17.6 Å². The minimum Gasteiger partial charge on any atom is -0.497 e. The standard InChI is InChI=1S/C18H20ClNO2/c1-3-20-11-14-10-16(21-2)8-9-17(14)22-18(12-20)13-4-6-15(19)7-5-13/h4-10,18H,3,11-12H2,1-2H3. The number of likely N-dealkylation sites (N-methyl/N-ethyl adjacent to an activating group) is 1. The second kappa shape index (κ2) is 6.59. The second-order valence-electron chi connectivity index (χ2n) is 5.46. The lowest BCUT2D eigenvalue weighted by Crippen LogP contribution is -2.27. The molecule has 0 spiro atoms. The average molecular weight is 318 g/mol. The molecule has 0 bridgehead atoms. The average Bonchev–Trinajstić information content (AvgIpc) is 2.73. The summed E-state index contributed by atoms with van der Waals surface area (Å²) >= 11 is 5.99. The van der Waals surface area contributed by atoms with E-state index in [1.54, 1.807) is 7.11 Å². The van der Waals surface area contributed by atoms with Crippen LogP contribution in [0.3, 0.4) is 0 Å². The van der Waals surface area contributed by atoms with E-state index in [1.165, 1.54) is 0 Å². The van der Waals surface area contributed by atoms with Crippen molar-refractivity contribution in [3.63, 3.8) is 0 Å². The van der Waals surface area contributed by atoms with Crippen LogP contribution < -0.4 is 9.47 Å². The summed E-state index contributed by atoms with van der Waals surface area (Å²) in [6, 6.07) is 13.9. The third-order valence-corrected chi connectivity index (χ3v) is 4.30. The number of nitrogens with zero attached hydrogens (tertiary/aromatic N) is 1. The van der Waals surface area contributed by atoms with Gasteiger partial charge in [0, 0.05) is 23.7 Å². The maximum atomic E-state index is 6.27. The van der Waals surface area contributed by atoms with Crippen LogP contribution in [0.2, 0.25) is 5.02 Å². The Labute approximate surface area is 136 Å². The number of ether oxygens (including phenoxy) is 2. The van der Waals surface area contributed by atoms with Crippen molar-refractivity contribution in [2.75, 3.05) is 20.2 Å². The van der Waals surface area contributed by atoms with Crippen molar-refractivity contribution < 1.29 is 9.47 Å². The van der Waals surface area contributed by atoms with Crippen molar-refractivity contribution in [1.82, 2.24) is 4.90 Å². The molecule has 0 saturated carbocycles. The molecule has 1 heterocycles. The van der Waals surface area contributed by atoms with E-state index in [4.69, 9.17) is 21.1 Å². The summed E-state index contributed by atoms with van der Waals surface area (Å²) in [7, 11) is 1.69. The predicted octanol–water partition coefficient (Wildman–Crippen LogP) is 4.30. The molecule has 3 rings (SSSR count). The van der Waals surface area contributed by atoms with Crippen LogP contribution in [0.5, 0.6) is 11.5 Å². The SMILES string of the molecule is CCN1Cc2cc(OC)ccc2OC(c2ccc(Cl)cc2)C1. The smallest absolute Gasteiger partial charge is 0.136 e. The highest BCUT2D eigenvalue weighted by Crippen LogP contribution is 2.33. The zero-order valence-corrected chi connectivity index (χ0v) is 13.6. The van der Waals surface area contributed by atoms with Crippen molar-refractivity contribution in [3.05, 3.63) is 58.6 Å². The zero-order chi connectivity index (χ0) is 15.5. The van der Waals surface area contributed by atoms with Crippen molar-refractivity contribution in [2.45, 2.75) is 19.6 Å². The quantitative estimate of drug-likeness (QED) is 0.842. The summed E-state index contributed by atoms with van der Waals surface area (Å²) in [5.74, 6) is 1.79. The largest absolute Gasteiger partial charge is 0.497 e. The molecule has 22 heavy (non-hydrogen) atoms. The number of benzene rings is 2. The first-order chi connectivity index (χ1) is 10.7. The highest BCUT2D eigenvalue weighted by Gasteiger charge is 2.23. The van der Waals surface area contributed by atoms with E-state index in [-0.39, 0.29) is 6.10 Å². The van der Waals surface area contributed by atoms with E-state index in [2.05, 4.69) is 17.9 Å². The maximum absolute atomic E-state index is 6.27. The van der Waals surface area contributed by atoms with Gasteiger partial charge >= 0.3 is 0 Å². The topological polar surface area (TPSA) is 21.7 Å². The monoisotopic (exact) mass is 317 g/mol. The normalized spacial score (nSPS) is 18.2. The summed E-state index contributed by atoms with van der Waals surface area (Å²) in [5, 5.41) is 0.745. The van der Waals surface area contributed by atoms with E-state index in [0.717, 1.165) is 47.3 Å². The first-order valence-electron chi connectivity index (χ1n) is 7.51. The van der Waals surface area contributed by atoms with Gasteiger partial charge in [0.05, 0.1) is 7.11 Å². The minimum atomic E-state index is 0.00635. The van der Waals surface area contributed by atoms with E-state index in [1.807, 2.05) is 36.4 Å². The van der Waals surface area contributed by atoms with Gasteiger partial charge in [-0.05, 0) is 42.4 Å². The van der Waals surface area contributed by atoms with Gasteiger partial charge in [0.15, 0.2) is 0 Å². The molecule has 4 heteroatoms. The van der Waals surface area contributed by atoms with Gasteiger partial charge in [0.2, 0.25) is 0 Å². The third kappa shape index (κ3) is 3.21. The summed E-state index contributed by atoms with van der Waals surface area (Å²) in [4.78, 5) is 2.38. The fourth-order valence-electron chi connectivity index (χ4n) is 2.74. The fourth-order valence-corrected chi connectivity index (χ4v) is 2.87. The van der Waals surface area contributed by atoms with Gasteiger partial charge < -0.3 is 9.47 Å². The Morgan fingerprint density at radius 1 is 1.23 bits per heavy atom. The van der Waals surface area contributed by atoms with Gasteiger partial charge in [-0.1, -0.05) is 30.7 Å². The number of methoxy groups -OCH3 is 1. The van der Waals surface area contributed by atoms with Crippen LogP contribution in [-0.4, -0.2) is 25.1 Å². The van der Waals surface area contributed by atoms with Crippen LogP contribution in [0, 0.1) is 0 Å². The van der Waals surface area contributed by atoms with Crippen molar-refractivity contribution in [1.29, 1.82) is 0 Å². The highest BCUT2D eigenvalue weighted by molar-refractivity contribution is 6.30. The molecule has 0 radical (unpaired) electrons. The minimum absolute atomic E-state index is 0.00635. The van der Waals surface area contributed by atoms with Gasteiger partial charge in [-0.25, -0.2) is 0 Å². The van der Waals surface area contributed by atoms with E-state index >= 15 is 0 Å². The predicted molar refractivity (Wildman–Crippen MR) is 88.8 cm³/mol. The zero-order valence-electron chi connectivity index (χ0n) is 12.9. The van der Waals surface area contributed by atoms with Crippen molar-refractivity contribution in [2.24, 2.45) is 0 Å². The van der Waals surface area contributed by atoms with E-state index in [0.29, 0.717) is 0 Å². The number of rotatable bonds is 3. The molecule has 2 aromatic rings. The molecule has 1 aliphatic rings. The Kier molecular flexibility index (Phi) is 4.55. The molecule has 0 N–H and O–H groups in total. The van der Waals surface area contributed by atoms with Crippen molar-refractivity contribution in [3.8, 4) is 11.5 Å². The summed E-state index contributed by atoms with van der Waals surface area (Å²) in [6.07, 6.45) is 0.00635. The second-order valence-corrected chi connectivity index (χ2v) is 5.90. The van der Waals surface area contributed by atoms with Gasteiger partial charge in [0.25, 0.3) is 0 Å². The Balaban J connectivity index is 1.94. The highest BCUT2D eigenvalue weighted by atomic mass is 35.5. The molecule has 3 nitrogen and oxygen atoms in total. The molecule has 1 aliphatic heterocycles. The lowest BCUT2D eigenvalue weighted by molar-refractivity contribution is 0.152. The Bertz CT molecular complexity index is 642. The van der Waals surface area contributed by atoms with E-state index < -0.39 is 0 Å². The third-order valence-electron chi connectivity index (χ3n) is 4.04. The molecule has 1 atom stereocenters. The lowest BCUT2D eigenvalue weighted by Gasteiger charge is -2.22. The molecular weight excluding hydrogens is 298 g/mol. The molecule has 0 aliphatic carbocycles. The number of halogens is 1. The first kappa shape index (κ1) is 15.2. The summed E-state index contributed by atoms with van der Waals surface area (Å²) in [5.41, 5.74) is 2.31. The molecule has 116 valence electrons. The van der Waals surface area contributed by atoms with Crippen molar-refractivity contribution >= 4 is 11.6 Å². The molecule has 0 aromatic heterocycles. The van der Waals surface area contributed by atoms with Gasteiger partial charge in [-0.2, -0.15) is 0 Å². The fraction of sp³-hybridized carbons (Fsp3) is 0.333. The molecule has 1 unspecified atom stereocenters. The molecule has 0 saturated heterocycles. The molecular formula is C18H20ClNO2. The van der Waals surface area contributed by atoms with E-state index in [9.17, 15) is 0 Å². The Morgan fingerprint density at radius 3 is 2.68 bits per heavy atom. The van der Waals surface area contributed by atoms with Crippen LogP contribution >= 0.6 is 11.6 Å². The Morgan fingerprint density at radius 2 is 2.00 bits per heavy atom. The summed E-state index contributed by atoms with van der Waals surface area (Å²) in [6.45, 7) is 4.87. The van der Waals surface area contributed by atoms with Gasteiger partial charge in [-0.15, -0.1) is 0 Å². The van der Waals surface area contributed by atoms with Crippen LogP contribution in [0.15, 0.2) is 42.5 Å². The lowest BCUT2D eigenvalue weighted by atomic mass is 10.1. The number of fused-ring (bicyclic) bond motifs is 1. The van der Waals surface area contributed by atoms with Crippen LogP contribution in [-0.2, 0) is 6.54 Å². The number of hydrogen-bond donors (Lipinski definition) is 0. The summed E-state index contributed by atoms with van der Waals surface area (Å²) < 4.78 is 11.6. The van der Waals surface area contributed by atoms with Gasteiger partial charge in [-0.3, -0.25) is 4.90 Å². The van der Waals surface area contributed by atoms with Crippen LogP contribution in [0.25, 0.3) is 0 Å². The van der Waals surface area contributed by atoms with Crippen LogP contribution in [0.1, 0.15) is 24.2 Å². The molecule has 2 aromatic carbocycles. The maximum Gasteiger partial charge on any atom is 0.136 e. The van der Waals surface area contributed by atoms with Crippen LogP contribution in [0.4, 0.5) is 0 Å². The molecule has 0 fully saturated rings. The first-order valence-corrected chi connectivity index (χ1v) is 7.88. The molecule has 0 amide bonds. The number of hydrogen-bond acceptors (Lipinski definition) is 3.